The monoisotopic (exact) mass is 256 g/mol. The van der Waals surface area contributed by atoms with E-state index in [-0.39, 0.29) is 11.0 Å². The van der Waals surface area contributed by atoms with Crippen molar-refractivity contribution in [2.45, 2.75) is 56.0 Å². The molecule has 1 saturated carbocycles. The maximum Gasteiger partial charge on any atom is 0.0692 e. The molecule has 1 atom stereocenters. The number of hydrogen-bond acceptors (Lipinski definition) is 3. The summed E-state index contributed by atoms with van der Waals surface area (Å²) in [5, 5.41) is 9.26. The second-order valence-electron chi connectivity index (χ2n) is 6.00. The minimum absolute atomic E-state index is 0.0205. The first-order valence-corrected chi connectivity index (χ1v) is 7.21. The van der Waals surface area contributed by atoms with Crippen LogP contribution in [0.4, 0.5) is 0 Å². The molecule has 0 unspecified atom stereocenters. The van der Waals surface area contributed by atoms with E-state index in [2.05, 4.69) is 17.1 Å². The van der Waals surface area contributed by atoms with Gasteiger partial charge in [-0.2, -0.15) is 5.26 Å². The summed E-state index contributed by atoms with van der Waals surface area (Å²) in [7, 11) is 0. The lowest BCUT2D eigenvalue weighted by atomic mass is 9.68. The van der Waals surface area contributed by atoms with Crippen molar-refractivity contribution >= 4 is 0 Å². The Kier molecular flexibility index (Phi) is 3.28. The van der Waals surface area contributed by atoms with Crippen LogP contribution in [0.25, 0.3) is 0 Å². The molecule has 1 saturated heterocycles. The van der Waals surface area contributed by atoms with Gasteiger partial charge in [-0.15, -0.1) is 0 Å². The van der Waals surface area contributed by atoms with Gasteiger partial charge in [0.15, 0.2) is 0 Å². The van der Waals surface area contributed by atoms with Crippen LogP contribution in [-0.2, 0) is 10.2 Å². The fourth-order valence-corrected chi connectivity index (χ4v) is 3.85. The Labute approximate surface area is 114 Å². The van der Waals surface area contributed by atoms with E-state index in [4.69, 9.17) is 4.74 Å². The van der Waals surface area contributed by atoms with Crippen LogP contribution in [0.5, 0.6) is 0 Å². The van der Waals surface area contributed by atoms with Gasteiger partial charge in [-0.05, 0) is 37.8 Å². The first kappa shape index (κ1) is 12.6. The van der Waals surface area contributed by atoms with Gasteiger partial charge in [0.25, 0.3) is 0 Å². The van der Waals surface area contributed by atoms with Gasteiger partial charge in [0.05, 0.1) is 11.7 Å². The third-order valence-electron chi connectivity index (χ3n) is 4.79. The molecule has 1 aromatic heterocycles. The Morgan fingerprint density at radius 1 is 1.26 bits per heavy atom. The number of ether oxygens (including phenoxy) is 1. The van der Waals surface area contributed by atoms with Crippen molar-refractivity contribution < 1.29 is 4.74 Å². The minimum Gasteiger partial charge on any atom is -0.375 e. The topological polar surface area (TPSA) is 45.9 Å². The Bertz CT molecular complexity index is 473. The number of nitrogens with zero attached hydrogens (tertiary/aromatic N) is 2. The third kappa shape index (κ3) is 2.26. The molecule has 1 aromatic rings. The molecule has 0 aromatic carbocycles. The van der Waals surface area contributed by atoms with Gasteiger partial charge < -0.3 is 4.74 Å². The van der Waals surface area contributed by atoms with E-state index in [9.17, 15) is 5.26 Å². The fraction of sp³-hybridized carbons (Fsp3) is 0.625. The van der Waals surface area contributed by atoms with E-state index >= 15 is 0 Å². The predicted octanol–water partition coefficient (Wildman–Crippen LogP) is 3.36. The summed E-state index contributed by atoms with van der Waals surface area (Å²) in [6.07, 6.45) is 9.07. The van der Waals surface area contributed by atoms with Crippen molar-refractivity contribution in [2.24, 2.45) is 0 Å². The van der Waals surface area contributed by atoms with Crippen LogP contribution >= 0.6 is 0 Å². The Hall–Kier alpha value is -1.40. The molecule has 0 bridgehead atoms. The second kappa shape index (κ2) is 4.94. The molecule has 1 aliphatic heterocycles. The average molecular weight is 256 g/mol. The average Bonchev–Trinajstić information content (AvgIpc) is 2.88. The van der Waals surface area contributed by atoms with E-state index < -0.39 is 0 Å². The second-order valence-corrected chi connectivity index (χ2v) is 6.00. The molecule has 3 rings (SSSR count). The van der Waals surface area contributed by atoms with Crippen LogP contribution < -0.4 is 0 Å². The summed E-state index contributed by atoms with van der Waals surface area (Å²) in [4.78, 5) is 4.54. The highest BCUT2D eigenvalue weighted by atomic mass is 16.5. The number of nitriles is 1. The molecule has 3 nitrogen and oxygen atoms in total. The minimum atomic E-state index is -0.0986. The lowest BCUT2D eigenvalue weighted by Crippen LogP contribution is -2.46. The van der Waals surface area contributed by atoms with E-state index in [0.29, 0.717) is 6.42 Å². The molecule has 0 N–H and O–H groups in total. The Morgan fingerprint density at radius 3 is 2.79 bits per heavy atom. The van der Waals surface area contributed by atoms with Crippen LogP contribution in [0.2, 0.25) is 0 Å². The van der Waals surface area contributed by atoms with Gasteiger partial charge in [0, 0.05) is 30.3 Å². The Balaban J connectivity index is 1.94. The van der Waals surface area contributed by atoms with Crippen molar-refractivity contribution in [2.75, 3.05) is 6.61 Å². The zero-order valence-electron chi connectivity index (χ0n) is 11.3. The van der Waals surface area contributed by atoms with E-state index in [1.165, 1.54) is 12.8 Å². The van der Waals surface area contributed by atoms with Crippen LogP contribution in [0, 0.1) is 11.3 Å². The number of pyridine rings is 1. The van der Waals surface area contributed by atoms with Crippen molar-refractivity contribution in [1.82, 2.24) is 4.98 Å². The molecular formula is C16H20N2O. The first-order chi connectivity index (χ1) is 9.29. The molecule has 2 fully saturated rings. The molecule has 2 heterocycles. The highest BCUT2D eigenvalue weighted by Crippen LogP contribution is 2.49. The molecule has 0 radical (unpaired) electrons. The first-order valence-electron chi connectivity index (χ1n) is 7.21. The largest absolute Gasteiger partial charge is 0.375 e. The van der Waals surface area contributed by atoms with Crippen LogP contribution in [0.15, 0.2) is 24.4 Å². The zero-order valence-corrected chi connectivity index (χ0v) is 11.3. The molecule has 19 heavy (non-hydrogen) atoms. The van der Waals surface area contributed by atoms with E-state index in [1.54, 1.807) is 0 Å². The van der Waals surface area contributed by atoms with Crippen LogP contribution in [0.3, 0.4) is 0 Å². The predicted molar refractivity (Wildman–Crippen MR) is 72.5 cm³/mol. The maximum absolute atomic E-state index is 9.26. The summed E-state index contributed by atoms with van der Waals surface area (Å²) in [6.45, 7) is 0.762. The Morgan fingerprint density at radius 2 is 2.11 bits per heavy atom. The number of hydrogen-bond donors (Lipinski definition) is 0. The van der Waals surface area contributed by atoms with Crippen molar-refractivity contribution in [3.63, 3.8) is 0 Å². The van der Waals surface area contributed by atoms with Crippen molar-refractivity contribution in [3.8, 4) is 6.07 Å². The van der Waals surface area contributed by atoms with Crippen LogP contribution in [0.1, 0.15) is 50.6 Å². The van der Waals surface area contributed by atoms with Crippen molar-refractivity contribution in [3.05, 3.63) is 30.1 Å². The number of rotatable bonds is 2. The standard InChI is InChI=1S/C16H20N2O/c17-10-8-15(14-5-1-4-11-18-14)9-12-19-16(13-15)6-2-3-7-16/h1,4-5,11H,2-3,6-9,12-13H2/t15-/m0/s1. The smallest absolute Gasteiger partial charge is 0.0692 e. The fourth-order valence-electron chi connectivity index (χ4n) is 3.85. The summed E-state index contributed by atoms with van der Waals surface area (Å²) in [5.41, 5.74) is 0.997. The number of aromatic nitrogens is 1. The summed E-state index contributed by atoms with van der Waals surface area (Å²) >= 11 is 0. The summed E-state index contributed by atoms with van der Waals surface area (Å²) in [5.74, 6) is 0. The molecule has 100 valence electrons. The highest BCUT2D eigenvalue weighted by molar-refractivity contribution is 5.22. The SMILES string of the molecule is N#CC[C@]1(c2ccccn2)CCOC2(CCCC2)C1. The highest BCUT2D eigenvalue weighted by Gasteiger charge is 2.48. The lowest BCUT2D eigenvalue weighted by Gasteiger charge is -2.45. The molecule has 2 aliphatic rings. The van der Waals surface area contributed by atoms with Gasteiger partial charge in [-0.1, -0.05) is 18.9 Å². The molecule has 0 amide bonds. The third-order valence-corrected chi connectivity index (χ3v) is 4.79. The van der Waals surface area contributed by atoms with E-state index in [1.807, 2.05) is 18.3 Å². The maximum atomic E-state index is 9.26. The van der Waals surface area contributed by atoms with Gasteiger partial charge in [0.1, 0.15) is 0 Å². The lowest BCUT2D eigenvalue weighted by molar-refractivity contribution is -0.102. The molecule has 1 aliphatic carbocycles. The van der Waals surface area contributed by atoms with Gasteiger partial charge in [-0.25, -0.2) is 0 Å². The van der Waals surface area contributed by atoms with Gasteiger partial charge >= 0.3 is 0 Å². The molecule has 1 spiro atoms. The summed E-state index contributed by atoms with van der Waals surface area (Å²) < 4.78 is 6.11. The van der Waals surface area contributed by atoms with Gasteiger partial charge in [-0.3, -0.25) is 4.98 Å². The zero-order chi connectivity index (χ0) is 13.2. The van der Waals surface area contributed by atoms with Crippen LogP contribution in [-0.4, -0.2) is 17.2 Å². The molecular weight excluding hydrogens is 236 g/mol. The summed E-state index contributed by atoms with van der Waals surface area (Å²) in [6, 6.07) is 8.43. The van der Waals surface area contributed by atoms with Gasteiger partial charge in [0.2, 0.25) is 0 Å². The van der Waals surface area contributed by atoms with E-state index in [0.717, 1.165) is 38.0 Å². The van der Waals surface area contributed by atoms with Crippen molar-refractivity contribution in [1.29, 1.82) is 5.26 Å². The quantitative estimate of drug-likeness (QED) is 0.815. The molecule has 3 heteroatoms. The normalized spacial score (nSPS) is 29.2.